The zero-order valence-corrected chi connectivity index (χ0v) is 24.8. The zero-order chi connectivity index (χ0) is 30.7. The molecule has 43 heavy (non-hydrogen) atoms. The van der Waals surface area contributed by atoms with E-state index >= 15 is 0 Å². The van der Waals surface area contributed by atoms with Crippen molar-refractivity contribution < 1.29 is 22.8 Å². The molecule has 0 unspecified atom stereocenters. The van der Waals surface area contributed by atoms with Gasteiger partial charge in [0.2, 0.25) is 0 Å². The second kappa shape index (κ2) is 12.3. The van der Waals surface area contributed by atoms with Crippen molar-refractivity contribution in [3.8, 4) is 0 Å². The van der Waals surface area contributed by atoms with Crippen molar-refractivity contribution in [1.29, 1.82) is 0 Å². The quantitative estimate of drug-likeness (QED) is 0.200. The first-order valence-electron chi connectivity index (χ1n) is 13.3. The fourth-order valence-electron chi connectivity index (χ4n) is 4.63. The third-order valence-electron chi connectivity index (χ3n) is 6.87. The number of carbonyl (C=O) groups is 2. The topological polar surface area (TPSA) is 102 Å². The Morgan fingerprint density at radius 2 is 1.74 bits per heavy atom. The van der Waals surface area contributed by atoms with Gasteiger partial charge in [0.1, 0.15) is 5.69 Å². The summed E-state index contributed by atoms with van der Waals surface area (Å²) >= 11 is 3.31. The van der Waals surface area contributed by atoms with Gasteiger partial charge in [0.15, 0.2) is 0 Å². The van der Waals surface area contributed by atoms with Crippen LogP contribution in [0.4, 0.5) is 18.9 Å². The molecule has 0 spiro atoms. The van der Waals surface area contributed by atoms with Crippen LogP contribution in [-0.2, 0) is 19.1 Å². The van der Waals surface area contributed by atoms with Crippen molar-refractivity contribution in [1.82, 2.24) is 25.1 Å². The van der Waals surface area contributed by atoms with Crippen LogP contribution in [0, 0.1) is 13.8 Å². The number of fused-ring (bicyclic) bond motifs is 1. The van der Waals surface area contributed by atoms with E-state index in [1.54, 1.807) is 49.0 Å². The molecule has 2 amide bonds. The average Bonchev–Trinajstić information content (AvgIpc) is 3.24. The third-order valence-corrected chi connectivity index (χ3v) is 7.36. The normalized spacial score (nSPS) is 11.5. The second-order valence-corrected chi connectivity index (χ2v) is 10.8. The molecule has 3 heterocycles. The van der Waals surface area contributed by atoms with Crippen LogP contribution in [0.3, 0.4) is 0 Å². The Labute approximate surface area is 253 Å². The summed E-state index contributed by atoms with van der Waals surface area (Å²) in [7, 11) is 0. The lowest BCUT2D eigenvalue weighted by atomic mass is 10.1. The van der Waals surface area contributed by atoms with Gasteiger partial charge in [0, 0.05) is 40.3 Å². The van der Waals surface area contributed by atoms with Gasteiger partial charge in [0.05, 0.1) is 34.7 Å². The van der Waals surface area contributed by atoms with Crippen molar-refractivity contribution in [3.05, 3.63) is 117 Å². The molecular weight excluding hydrogens is 625 g/mol. The van der Waals surface area contributed by atoms with Crippen molar-refractivity contribution in [2.24, 2.45) is 0 Å². The minimum Gasteiger partial charge on any atom is -0.352 e. The lowest BCUT2D eigenvalue weighted by Gasteiger charge is -2.13. The number of benzene rings is 2. The lowest BCUT2D eigenvalue weighted by molar-refractivity contribution is -0.141. The first kappa shape index (κ1) is 29.9. The van der Waals surface area contributed by atoms with Gasteiger partial charge in [-0.3, -0.25) is 19.3 Å². The molecule has 2 aromatic carbocycles. The minimum atomic E-state index is -4.72. The highest BCUT2D eigenvalue weighted by molar-refractivity contribution is 9.10. The maximum absolute atomic E-state index is 13.6. The molecular formula is C31H26BrF3N6O2. The van der Waals surface area contributed by atoms with Crippen molar-refractivity contribution >= 4 is 44.3 Å². The molecule has 0 bridgehead atoms. The highest BCUT2D eigenvalue weighted by Crippen LogP contribution is 2.32. The predicted molar refractivity (Wildman–Crippen MR) is 160 cm³/mol. The zero-order valence-electron chi connectivity index (χ0n) is 23.2. The summed E-state index contributed by atoms with van der Waals surface area (Å²) in [6.07, 6.45) is -2.38. The maximum Gasteiger partial charge on any atom is 0.433 e. The Morgan fingerprint density at radius 1 is 0.977 bits per heavy atom. The number of alkyl halides is 3. The monoisotopic (exact) mass is 650 g/mol. The summed E-state index contributed by atoms with van der Waals surface area (Å²) in [6.45, 7) is 4.29. The molecule has 0 aliphatic rings. The van der Waals surface area contributed by atoms with Crippen LogP contribution in [0.5, 0.6) is 0 Å². The Balaban J connectivity index is 1.29. The number of pyridine rings is 2. The molecule has 5 rings (SSSR count). The van der Waals surface area contributed by atoms with Crippen LogP contribution in [0.25, 0.3) is 10.9 Å². The van der Waals surface area contributed by atoms with Crippen LogP contribution < -0.4 is 10.6 Å². The van der Waals surface area contributed by atoms with Gasteiger partial charge in [-0.25, -0.2) is 4.98 Å². The molecule has 12 heteroatoms. The van der Waals surface area contributed by atoms with E-state index in [4.69, 9.17) is 0 Å². The molecule has 5 aromatic rings. The van der Waals surface area contributed by atoms with Crippen LogP contribution >= 0.6 is 15.9 Å². The Hall–Kier alpha value is -4.58. The van der Waals surface area contributed by atoms with Crippen molar-refractivity contribution in [2.75, 3.05) is 11.9 Å². The molecule has 0 aliphatic carbocycles. The number of amides is 2. The van der Waals surface area contributed by atoms with Crippen LogP contribution in [0.15, 0.2) is 77.4 Å². The van der Waals surface area contributed by atoms with Gasteiger partial charge >= 0.3 is 6.18 Å². The second-order valence-electron chi connectivity index (χ2n) is 9.90. The summed E-state index contributed by atoms with van der Waals surface area (Å²) in [6, 6.07) is 18.1. The molecule has 0 fully saturated rings. The first-order chi connectivity index (χ1) is 20.5. The number of nitrogens with zero attached hydrogens (tertiary/aromatic N) is 4. The number of carbonyl (C=O) groups excluding carboxylic acids is 2. The number of nitrogens with one attached hydrogen (secondary N) is 2. The molecule has 0 atom stereocenters. The minimum absolute atomic E-state index is 0.0534. The lowest BCUT2D eigenvalue weighted by Crippen LogP contribution is -2.25. The van der Waals surface area contributed by atoms with E-state index < -0.39 is 17.8 Å². The molecule has 220 valence electrons. The summed E-state index contributed by atoms with van der Waals surface area (Å²) in [5.41, 5.74) is 2.56. The average molecular weight is 651 g/mol. The van der Waals surface area contributed by atoms with Gasteiger partial charge in [-0.05, 0) is 67.9 Å². The van der Waals surface area contributed by atoms with Gasteiger partial charge in [-0.1, -0.05) is 34.1 Å². The Morgan fingerprint density at radius 3 is 2.44 bits per heavy atom. The number of halogens is 4. The first-order valence-corrected chi connectivity index (χ1v) is 14.1. The van der Waals surface area contributed by atoms with Gasteiger partial charge in [-0.2, -0.15) is 18.3 Å². The van der Waals surface area contributed by atoms with Crippen molar-refractivity contribution in [2.45, 2.75) is 33.0 Å². The van der Waals surface area contributed by atoms with Gasteiger partial charge in [0.25, 0.3) is 11.8 Å². The molecule has 0 saturated heterocycles. The molecule has 0 aliphatic heterocycles. The number of hydrogen-bond acceptors (Lipinski definition) is 5. The summed E-state index contributed by atoms with van der Waals surface area (Å²) in [5.74, 6) is -0.900. The molecule has 0 saturated carbocycles. The Kier molecular flexibility index (Phi) is 8.58. The number of anilines is 1. The number of rotatable bonds is 8. The van der Waals surface area contributed by atoms with E-state index in [0.717, 1.165) is 17.3 Å². The van der Waals surface area contributed by atoms with Crippen LogP contribution in [0.1, 0.15) is 49.1 Å². The summed E-state index contributed by atoms with van der Waals surface area (Å²) < 4.78 is 42.9. The van der Waals surface area contributed by atoms with E-state index in [2.05, 4.69) is 41.6 Å². The Bertz CT molecular complexity index is 1810. The fourth-order valence-corrected chi connectivity index (χ4v) is 4.99. The molecule has 0 radical (unpaired) electrons. The van der Waals surface area contributed by atoms with E-state index in [9.17, 15) is 22.8 Å². The summed E-state index contributed by atoms with van der Waals surface area (Å²) in [4.78, 5) is 33.8. The molecule has 3 aromatic heterocycles. The van der Waals surface area contributed by atoms with E-state index in [0.29, 0.717) is 46.6 Å². The molecule has 8 nitrogen and oxygen atoms in total. The van der Waals surface area contributed by atoms with E-state index in [-0.39, 0.29) is 22.4 Å². The standard InChI is InChI=1S/C31H26BrF3N6O2/c1-18-28(39-30(43)25-16-27(31(33,34)35)38-26-11-10-22(32)15-24(25)26)19(2)41(40-18)17-20-6-8-21(9-7-20)29(42)37-14-12-23-5-3-4-13-36-23/h3-11,13,15-16H,12,14,17H2,1-2H3,(H,37,42)(H,39,43). The SMILES string of the molecule is Cc1nn(Cc2ccc(C(=O)NCCc3ccccn3)cc2)c(C)c1NC(=O)c1cc(C(F)(F)F)nc2ccc(Br)cc12. The van der Waals surface area contributed by atoms with Crippen molar-refractivity contribution in [3.63, 3.8) is 0 Å². The number of aromatic nitrogens is 4. The molecule has 2 N–H and O–H groups in total. The van der Waals surface area contributed by atoms with Crippen LogP contribution in [-0.4, -0.2) is 38.1 Å². The largest absolute Gasteiger partial charge is 0.433 e. The maximum atomic E-state index is 13.6. The van der Waals surface area contributed by atoms with E-state index in [1.807, 2.05) is 30.3 Å². The predicted octanol–water partition coefficient (Wildman–Crippen LogP) is 6.50. The van der Waals surface area contributed by atoms with Crippen LogP contribution in [0.2, 0.25) is 0 Å². The van der Waals surface area contributed by atoms with Gasteiger partial charge < -0.3 is 10.6 Å². The summed E-state index contributed by atoms with van der Waals surface area (Å²) in [5, 5.41) is 10.5. The smallest absolute Gasteiger partial charge is 0.352 e. The number of aryl methyl sites for hydroxylation is 1. The highest BCUT2D eigenvalue weighted by atomic mass is 79.9. The van der Waals surface area contributed by atoms with E-state index in [1.165, 1.54) is 6.07 Å². The fraction of sp³-hybridized carbons (Fsp3) is 0.194. The third kappa shape index (κ3) is 6.91. The van der Waals surface area contributed by atoms with Gasteiger partial charge in [-0.15, -0.1) is 0 Å². The highest BCUT2D eigenvalue weighted by Gasteiger charge is 2.34. The number of hydrogen-bond donors (Lipinski definition) is 2.